The number of urea groups is 1. The van der Waals surface area contributed by atoms with Crippen molar-refractivity contribution in [2.24, 2.45) is 10.4 Å². The van der Waals surface area contributed by atoms with Crippen molar-refractivity contribution in [3.8, 4) is 0 Å². The number of imide groups is 1. The zero-order chi connectivity index (χ0) is 16.5. The highest BCUT2D eigenvalue weighted by atomic mass is 16.6. The highest BCUT2D eigenvalue weighted by Crippen LogP contribution is 2.38. The van der Waals surface area contributed by atoms with Gasteiger partial charge in [0.1, 0.15) is 29.8 Å². The molecule has 10 nitrogen and oxygen atoms in total. The van der Waals surface area contributed by atoms with Gasteiger partial charge < -0.3 is 24.8 Å². The lowest BCUT2D eigenvalue weighted by molar-refractivity contribution is -0.152. The molecule has 0 saturated carbocycles. The summed E-state index contributed by atoms with van der Waals surface area (Å²) in [6.07, 6.45) is -5.18. The van der Waals surface area contributed by atoms with Crippen molar-refractivity contribution >= 4 is 24.1 Å². The van der Waals surface area contributed by atoms with Gasteiger partial charge in [-0.3, -0.25) is 14.9 Å². The first-order chi connectivity index (χ1) is 10.4. The third kappa shape index (κ3) is 2.61. The molecule has 3 amide bonds. The molecule has 10 heteroatoms. The topological polar surface area (TPSA) is 155 Å². The highest BCUT2D eigenvalue weighted by Gasteiger charge is 2.58. The van der Waals surface area contributed by atoms with Gasteiger partial charge in [0.25, 0.3) is 0 Å². The van der Waals surface area contributed by atoms with Crippen LogP contribution in [0.1, 0.15) is 6.42 Å². The van der Waals surface area contributed by atoms with Crippen LogP contribution in [-0.4, -0.2) is 77.6 Å². The zero-order valence-corrected chi connectivity index (χ0v) is 11.6. The van der Waals surface area contributed by atoms with Crippen LogP contribution in [0.25, 0.3) is 0 Å². The maximum absolute atomic E-state index is 12.2. The molecule has 0 radical (unpaired) electrons. The number of esters is 1. The quantitative estimate of drug-likeness (QED) is 0.410. The number of ether oxygens (including phenoxy) is 2. The average molecular weight is 316 g/mol. The summed E-state index contributed by atoms with van der Waals surface area (Å²) in [7, 11) is 1.11. The Labute approximate surface area is 124 Å². The van der Waals surface area contributed by atoms with E-state index in [-0.39, 0.29) is 0 Å². The van der Waals surface area contributed by atoms with E-state index in [0.29, 0.717) is 0 Å². The lowest BCUT2D eigenvalue weighted by atomic mass is 9.75. The van der Waals surface area contributed by atoms with Crippen molar-refractivity contribution in [3.63, 3.8) is 0 Å². The van der Waals surface area contributed by atoms with Crippen LogP contribution in [0, 0.1) is 5.41 Å². The first-order valence-electron chi connectivity index (χ1n) is 6.45. The van der Waals surface area contributed by atoms with Gasteiger partial charge in [-0.1, -0.05) is 0 Å². The van der Waals surface area contributed by atoms with E-state index in [9.17, 15) is 24.6 Å². The van der Waals surface area contributed by atoms with Crippen molar-refractivity contribution < 1.29 is 39.2 Å². The minimum absolute atomic E-state index is 0.557. The van der Waals surface area contributed by atoms with Crippen molar-refractivity contribution in [2.45, 2.75) is 30.8 Å². The summed E-state index contributed by atoms with van der Waals surface area (Å²) >= 11 is 0. The molecule has 4 N–H and O–H groups in total. The number of hydrogen-bond acceptors (Lipinski definition) is 8. The number of amides is 3. The number of methoxy groups -OCH3 is 1. The smallest absolute Gasteiger partial charge is 0.347 e. The van der Waals surface area contributed by atoms with E-state index in [2.05, 4.69) is 9.73 Å². The van der Waals surface area contributed by atoms with E-state index in [4.69, 9.17) is 9.84 Å². The van der Waals surface area contributed by atoms with Crippen LogP contribution in [0.3, 0.4) is 0 Å². The van der Waals surface area contributed by atoms with E-state index >= 15 is 0 Å². The number of aliphatic hydroxyl groups is 3. The predicted molar refractivity (Wildman–Crippen MR) is 68.9 cm³/mol. The number of aliphatic hydroxyl groups excluding tert-OH is 3. The number of nitrogens with one attached hydrogen (secondary N) is 1. The molecule has 2 rings (SSSR count). The Morgan fingerprint density at radius 1 is 1.45 bits per heavy atom. The number of carbonyl (C=O) groups is 3. The monoisotopic (exact) mass is 316 g/mol. The number of aliphatic imine (C=N–C) groups is 1. The SMILES string of the molecule is COC(=O)CC1([C@@H]2O[C@H](CO)[C@@H](O)[C@H]2O)C=NC(=O)NC1=O. The number of carbonyl (C=O) groups excluding carboxylic acids is 3. The Hall–Kier alpha value is -1.88. The summed E-state index contributed by atoms with van der Waals surface area (Å²) in [5.41, 5.74) is -1.83. The molecule has 0 aromatic rings. The molecule has 0 bridgehead atoms. The van der Waals surface area contributed by atoms with Gasteiger partial charge in [-0.15, -0.1) is 0 Å². The summed E-state index contributed by atoms with van der Waals surface area (Å²) in [6, 6.07) is -0.919. The summed E-state index contributed by atoms with van der Waals surface area (Å²) in [5.74, 6) is -1.71. The van der Waals surface area contributed by atoms with Crippen LogP contribution in [0.2, 0.25) is 0 Å². The minimum atomic E-state index is -1.83. The molecular formula is C12H16N2O8. The van der Waals surface area contributed by atoms with E-state index in [1.165, 1.54) is 0 Å². The molecule has 22 heavy (non-hydrogen) atoms. The molecule has 0 aliphatic carbocycles. The van der Waals surface area contributed by atoms with Crippen molar-refractivity contribution in [1.29, 1.82) is 0 Å². The predicted octanol–water partition coefficient (Wildman–Crippen LogP) is -2.66. The summed E-state index contributed by atoms with van der Waals surface area (Å²) in [6.45, 7) is -0.597. The Bertz CT molecular complexity index is 521. The molecule has 2 aliphatic heterocycles. The van der Waals surface area contributed by atoms with Gasteiger partial charge in [0.15, 0.2) is 0 Å². The van der Waals surface area contributed by atoms with E-state index in [1.54, 1.807) is 0 Å². The highest BCUT2D eigenvalue weighted by molar-refractivity contribution is 6.14. The van der Waals surface area contributed by atoms with Crippen molar-refractivity contribution in [1.82, 2.24) is 5.32 Å². The molecule has 1 saturated heterocycles. The van der Waals surface area contributed by atoms with E-state index in [1.807, 2.05) is 5.32 Å². The van der Waals surface area contributed by atoms with Crippen LogP contribution in [0.4, 0.5) is 4.79 Å². The third-order valence-corrected chi connectivity index (χ3v) is 3.77. The van der Waals surface area contributed by atoms with Gasteiger partial charge in [-0.25, -0.2) is 9.79 Å². The largest absolute Gasteiger partial charge is 0.469 e. The first kappa shape index (κ1) is 16.5. The normalized spacial score (nSPS) is 38.0. The Kier molecular flexibility index (Phi) is 4.56. The molecular weight excluding hydrogens is 300 g/mol. The molecule has 2 heterocycles. The van der Waals surface area contributed by atoms with Gasteiger partial charge in [0, 0.05) is 6.21 Å². The molecule has 0 aromatic heterocycles. The lowest BCUT2D eigenvalue weighted by Crippen LogP contribution is -2.58. The van der Waals surface area contributed by atoms with Gasteiger partial charge in [-0.2, -0.15) is 0 Å². The fourth-order valence-electron chi connectivity index (χ4n) is 2.54. The van der Waals surface area contributed by atoms with Gasteiger partial charge in [0.2, 0.25) is 5.91 Å². The fourth-order valence-corrected chi connectivity index (χ4v) is 2.54. The van der Waals surface area contributed by atoms with Crippen LogP contribution in [0.5, 0.6) is 0 Å². The molecule has 0 spiro atoms. The summed E-state index contributed by atoms with van der Waals surface area (Å²) < 4.78 is 9.82. The second kappa shape index (κ2) is 6.08. The van der Waals surface area contributed by atoms with E-state index in [0.717, 1.165) is 13.3 Å². The van der Waals surface area contributed by atoms with Gasteiger partial charge >= 0.3 is 12.0 Å². The number of rotatable bonds is 4. The minimum Gasteiger partial charge on any atom is -0.469 e. The van der Waals surface area contributed by atoms with E-state index < -0.39 is 60.8 Å². The van der Waals surface area contributed by atoms with Gasteiger partial charge in [-0.05, 0) is 0 Å². The molecule has 1 unspecified atom stereocenters. The summed E-state index contributed by atoms with van der Waals surface area (Å²) in [5, 5.41) is 30.9. The maximum Gasteiger partial charge on any atom is 0.347 e. The molecule has 122 valence electrons. The van der Waals surface area contributed by atoms with Crippen LogP contribution in [-0.2, 0) is 19.1 Å². The van der Waals surface area contributed by atoms with Gasteiger partial charge in [0.05, 0.1) is 20.1 Å². The van der Waals surface area contributed by atoms with Crippen molar-refractivity contribution in [3.05, 3.63) is 0 Å². The number of hydrogen-bond donors (Lipinski definition) is 4. The number of nitrogens with zero attached hydrogens (tertiary/aromatic N) is 1. The third-order valence-electron chi connectivity index (χ3n) is 3.77. The van der Waals surface area contributed by atoms with Crippen LogP contribution >= 0.6 is 0 Å². The van der Waals surface area contributed by atoms with Crippen molar-refractivity contribution in [2.75, 3.05) is 13.7 Å². The van der Waals surface area contributed by atoms with Crippen LogP contribution in [0.15, 0.2) is 4.99 Å². The second-order valence-electron chi connectivity index (χ2n) is 5.07. The molecule has 1 fully saturated rings. The first-order valence-corrected chi connectivity index (χ1v) is 6.45. The zero-order valence-electron chi connectivity index (χ0n) is 11.6. The molecule has 5 atom stereocenters. The standard InChI is InChI=1S/C12H16N2O8/c1-21-6(16)2-12(4-13-11(20)14-10(12)19)9-8(18)7(17)5(3-15)22-9/h4-5,7-9,15,17-18H,2-3H2,1H3,(H,14,19,20)/t5-,7-,8-,9-,12?/m1/s1. The summed E-state index contributed by atoms with van der Waals surface area (Å²) in [4.78, 5) is 38.5. The Morgan fingerprint density at radius 2 is 2.14 bits per heavy atom. The lowest BCUT2D eigenvalue weighted by Gasteiger charge is -2.35. The maximum atomic E-state index is 12.2. The van der Waals surface area contributed by atoms with Crippen LogP contribution < -0.4 is 5.32 Å². The Morgan fingerprint density at radius 3 is 2.64 bits per heavy atom. The second-order valence-corrected chi connectivity index (χ2v) is 5.07. The molecule has 0 aromatic carbocycles. The Balaban J connectivity index is 2.41. The average Bonchev–Trinajstić information content (AvgIpc) is 2.78. The fraction of sp³-hybridized carbons (Fsp3) is 0.667. The molecule has 2 aliphatic rings.